The van der Waals surface area contributed by atoms with Crippen LogP contribution in [0.1, 0.15) is 45.7 Å². The summed E-state index contributed by atoms with van der Waals surface area (Å²) in [6.45, 7) is 16.6. The first kappa shape index (κ1) is 17.4. The van der Waals surface area contributed by atoms with Crippen LogP contribution in [0, 0.1) is 0 Å². The highest BCUT2D eigenvalue weighted by atomic mass is 28.4. The molecule has 1 aromatic carbocycles. The number of benzene rings is 1. The molecule has 0 fully saturated rings. The Morgan fingerprint density at radius 2 is 1.50 bits per heavy atom. The summed E-state index contributed by atoms with van der Waals surface area (Å²) in [6.07, 6.45) is 0. The predicted molar refractivity (Wildman–Crippen MR) is 88.5 cm³/mol. The highest BCUT2D eigenvalue weighted by Crippen LogP contribution is 2.38. The normalized spacial score (nSPS) is 13.6. The lowest BCUT2D eigenvalue weighted by molar-refractivity contribution is 0.220. The first-order valence-corrected chi connectivity index (χ1v) is 10.2. The van der Waals surface area contributed by atoms with E-state index in [0.717, 1.165) is 12.2 Å². The molecule has 3 heteroatoms. The molecule has 20 heavy (non-hydrogen) atoms. The van der Waals surface area contributed by atoms with E-state index < -0.39 is 8.32 Å². The van der Waals surface area contributed by atoms with E-state index in [1.807, 2.05) is 12.1 Å². The molecule has 0 unspecified atom stereocenters. The maximum Gasteiger partial charge on any atom is 0.192 e. The molecule has 0 bridgehead atoms. The van der Waals surface area contributed by atoms with Crippen LogP contribution in [-0.4, -0.2) is 20.0 Å². The van der Waals surface area contributed by atoms with E-state index in [1.54, 1.807) is 0 Å². The molecule has 1 N–H and O–H groups in total. The van der Waals surface area contributed by atoms with Gasteiger partial charge in [-0.3, -0.25) is 0 Å². The molecule has 114 valence electrons. The van der Waals surface area contributed by atoms with Crippen LogP contribution in [0.3, 0.4) is 0 Å². The highest BCUT2D eigenvalue weighted by Gasteiger charge is 2.38. The molecule has 0 aromatic heterocycles. The molecule has 1 aromatic rings. The molecule has 0 saturated heterocycles. The largest absolute Gasteiger partial charge is 0.416 e. The van der Waals surface area contributed by atoms with Crippen molar-refractivity contribution in [1.82, 2.24) is 0 Å². The molecular weight excluding hydrogens is 264 g/mol. The quantitative estimate of drug-likeness (QED) is 0.811. The predicted octanol–water partition coefficient (Wildman–Crippen LogP) is 4.48. The molecule has 0 amide bonds. The molecule has 0 radical (unpaired) electrons. The van der Waals surface area contributed by atoms with Gasteiger partial charge in [0.1, 0.15) is 0 Å². The molecule has 0 spiro atoms. The number of rotatable bonds is 5. The van der Waals surface area contributed by atoms with Crippen LogP contribution < -0.4 is 0 Å². The fourth-order valence-electron chi connectivity index (χ4n) is 1.72. The molecule has 0 saturated carbocycles. The van der Waals surface area contributed by atoms with Crippen LogP contribution in [0.4, 0.5) is 0 Å². The molecular formula is C17H30O2Si. The monoisotopic (exact) mass is 294 g/mol. The van der Waals surface area contributed by atoms with Crippen LogP contribution in [0.25, 0.3) is 0 Å². The SMILES string of the molecule is CC(C)(CO[Si](C)(C)C(C)(C)C)c1ccc(CO)cc1. The van der Waals surface area contributed by atoms with Crippen molar-refractivity contribution in [1.29, 1.82) is 0 Å². The number of hydrogen-bond donors (Lipinski definition) is 1. The summed E-state index contributed by atoms with van der Waals surface area (Å²) in [5.74, 6) is 0. The van der Waals surface area contributed by atoms with E-state index in [2.05, 4.69) is 59.8 Å². The summed E-state index contributed by atoms with van der Waals surface area (Å²) < 4.78 is 6.36. The van der Waals surface area contributed by atoms with Gasteiger partial charge in [0.15, 0.2) is 8.32 Å². The second-order valence-corrected chi connectivity index (χ2v) is 12.6. The zero-order valence-corrected chi connectivity index (χ0v) is 15.1. The molecule has 0 aliphatic carbocycles. The summed E-state index contributed by atoms with van der Waals surface area (Å²) in [5.41, 5.74) is 2.20. The van der Waals surface area contributed by atoms with Gasteiger partial charge in [-0.05, 0) is 29.3 Å². The molecule has 0 aliphatic heterocycles. The third kappa shape index (κ3) is 4.17. The Balaban J connectivity index is 2.79. The van der Waals surface area contributed by atoms with E-state index in [4.69, 9.17) is 9.53 Å². The van der Waals surface area contributed by atoms with Gasteiger partial charge in [-0.1, -0.05) is 58.9 Å². The lowest BCUT2D eigenvalue weighted by atomic mass is 9.85. The van der Waals surface area contributed by atoms with E-state index >= 15 is 0 Å². The maximum absolute atomic E-state index is 9.11. The Hall–Kier alpha value is -0.643. The van der Waals surface area contributed by atoms with Gasteiger partial charge >= 0.3 is 0 Å². The van der Waals surface area contributed by atoms with Crippen molar-refractivity contribution in [3.63, 3.8) is 0 Å². The summed E-state index contributed by atoms with van der Waals surface area (Å²) in [4.78, 5) is 0. The zero-order chi connectivity index (χ0) is 15.6. The van der Waals surface area contributed by atoms with Crippen molar-refractivity contribution in [3.05, 3.63) is 35.4 Å². The summed E-state index contributed by atoms with van der Waals surface area (Å²) in [6, 6.07) is 8.17. The van der Waals surface area contributed by atoms with Gasteiger partial charge in [0.25, 0.3) is 0 Å². The van der Waals surface area contributed by atoms with Crippen molar-refractivity contribution in [2.45, 2.75) is 64.8 Å². The summed E-state index contributed by atoms with van der Waals surface area (Å²) in [7, 11) is -1.71. The second kappa shape index (κ2) is 6.00. The standard InChI is InChI=1S/C17H30O2Si/c1-16(2,3)20(6,7)19-13-17(4,5)15-10-8-14(12-18)9-11-15/h8-11,18H,12-13H2,1-7H3. The third-order valence-corrected chi connectivity index (χ3v) is 9.00. The Morgan fingerprint density at radius 3 is 1.90 bits per heavy atom. The number of hydrogen-bond acceptors (Lipinski definition) is 2. The van der Waals surface area contributed by atoms with Crippen molar-refractivity contribution in [2.75, 3.05) is 6.61 Å². The van der Waals surface area contributed by atoms with E-state index in [9.17, 15) is 0 Å². The van der Waals surface area contributed by atoms with Gasteiger partial charge in [0.2, 0.25) is 0 Å². The van der Waals surface area contributed by atoms with Crippen molar-refractivity contribution < 1.29 is 9.53 Å². The van der Waals surface area contributed by atoms with Crippen molar-refractivity contribution in [2.24, 2.45) is 0 Å². The lowest BCUT2D eigenvalue weighted by Crippen LogP contribution is -2.43. The molecule has 0 heterocycles. The van der Waals surface area contributed by atoms with Crippen molar-refractivity contribution in [3.8, 4) is 0 Å². The smallest absolute Gasteiger partial charge is 0.192 e. The van der Waals surface area contributed by atoms with E-state index in [1.165, 1.54) is 5.56 Å². The fraction of sp³-hybridized carbons (Fsp3) is 0.647. The van der Waals surface area contributed by atoms with Crippen molar-refractivity contribution >= 4 is 8.32 Å². The Kier molecular flexibility index (Phi) is 5.22. The number of aliphatic hydroxyl groups is 1. The Morgan fingerprint density at radius 1 is 1.00 bits per heavy atom. The highest BCUT2D eigenvalue weighted by molar-refractivity contribution is 6.74. The fourth-order valence-corrected chi connectivity index (χ4v) is 2.88. The van der Waals surface area contributed by atoms with Crippen LogP contribution in [0.15, 0.2) is 24.3 Å². The van der Waals surface area contributed by atoms with Crippen LogP contribution in [0.2, 0.25) is 18.1 Å². The third-order valence-electron chi connectivity index (χ3n) is 4.52. The van der Waals surface area contributed by atoms with Crippen LogP contribution >= 0.6 is 0 Å². The summed E-state index contributed by atoms with van der Waals surface area (Å²) in [5, 5.41) is 9.35. The average molecular weight is 295 g/mol. The second-order valence-electron chi connectivity index (χ2n) is 7.79. The van der Waals surface area contributed by atoms with E-state index in [-0.39, 0.29) is 17.1 Å². The minimum atomic E-state index is -1.71. The molecule has 1 rings (SSSR count). The average Bonchev–Trinajstić information content (AvgIpc) is 2.35. The minimum absolute atomic E-state index is 0.0104. The Labute approximate surface area is 125 Å². The zero-order valence-electron chi connectivity index (χ0n) is 14.1. The minimum Gasteiger partial charge on any atom is -0.416 e. The molecule has 0 atom stereocenters. The van der Waals surface area contributed by atoms with Gasteiger partial charge in [0, 0.05) is 12.0 Å². The number of aliphatic hydroxyl groups excluding tert-OH is 1. The molecule has 0 aliphatic rings. The first-order valence-electron chi connectivity index (χ1n) is 7.34. The van der Waals surface area contributed by atoms with Gasteiger partial charge in [-0.15, -0.1) is 0 Å². The van der Waals surface area contributed by atoms with Crippen LogP contribution in [0.5, 0.6) is 0 Å². The van der Waals surface area contributed by atoms with Gasteiger partial charge in [0.05, 0.1) is 6.61 Å². The topological polar surface area (TPSA) is 29.5 Å². The lowest BCUT2D eigenvalue weighted by Gasteiger charge is -2.39. The molecule has 2 nitrogen and oxygen atoms in total. The van der Waals surface area contributed by atoms with Gasteiger partial charge < -0.3 is 9.53 Å². The first-order chi connectivity index (χ1) is 8.99. The van der Waals surface area contributed by atoms with Crippen LogP contribution in [-0.2, 0) is 16.4 Å². The van der Waals surface area contributed by atoms with Gasteiger partial charge in [-0.2, -0.15) is 0 Å². The van der Waals surface area contributed by atoms with E-state index in [0.29, 0.717) is 0 Å². The Bertz CT molecular complexity index is 427. The maximum atomic E-state index is 9.11. The summed E-state index contributed by atoms with van der Waals surface area (Å²) >= 11 is 0. The van der Waals surface area contributed by atoms with Gasteiger partial charge in [-0.25, -0.2) is 0 Å².